The third-order valence-corrected chi connectivity index (χ3v) is 8.35. The highest BCUT2D eigenvalue weighted by atomic mass is 35.5. The summed E-state index contributed by atoms with van der Waals surface area (Å²) in [5.41, 5.74) is 2.67. The van der Waals surface area contributed by atoms with E-state index >= 15 is 0 Å². The van der Waals surface area contributed by atoms with E-state index in [1.165, 1.54) is 29.3 Å². The highest BCUT2D eigenvalue weighted by molar-refractivity contribution is 6.31. The number of ketones is 1. The number of Topliss-reactive ketones (excluding diaryl/α,β-unsaturated/α-hetero) is 1. The molecule has 1 aromatic carbocycles. The van der Waals surface area contributed by atoms with E-state index in [2.05, 4.69) is 22.9 Å². The van der Waals surface area contributed by atoms with Crippen LogP contribution in [-0.4, -0.2) is 65.1 Å². The Hall–Kier alpha value is -2.05. The van der Waals surface area contributed by atoms with Gasteiger partial charge in [0, 0.05) is 67.2 Å². The smallest absolute Gasteiger partial charge is 0.320 e. The van der Waals surface area contributed by atoms with Crippen LogP contribution in [0.3, 0.4) is 0 Å². The summed E-state index contributed by atoms with van der Waals surface area (Å²) in [5.74, 6) is 1.58. The molecule has 2 amide bonds. The van der Waals surface area contributed by atoms with Gasteiger partial charge in [-0.3, -0.25) is 4.79 Å². The van der Waals surface area contributed by atoms with Crippen molar-refractivity contribution in [2.75, 3.05) is 32.8 Å². The zero-order valence-corrected chi connectivity index (χ0v) is 19.8. The number of nitrogens with zero attached hydrogens (tertiary/aromatic N) is 3. The lowest BCUT2D eigenvalue weighted by molar-refractivity contribution is -0.139. The molecule has 0 unspecified atom stereocenters. The number of piperidine rings is 2. The third-order valence-electron chi connectivity index (χ3n) is 8.11. The summed E-state index contributed by atoms with van der Waals surface area (Å²) < 4.78 is 8.12. The van der Waals surface area contributed by atoms with Crippen molar-refractivity contribution in [1.29, 1.82) is 0 Å². The van der Waals surface area contributed by atoms with Crippen LogP contribution in [0.1, 0.15) is 50.0 Å². The van der Waals surface area contributed by atoms with Gasteiger partial charge in [-0.05, 0) is 67.7 Å². The van der Waals surface area contributed by atoms with Gasteiger partial charge in [-0.15, -0.1) is 0 Å². The molecule has 4 fully saturated rings. The van der Waals surface area contributed by atoms with Gasteiger partial charge in [0.2, 0.25) is 0 Å². The van der Waals surface area contributed by atoms with E-state index in [-0.39, 0.29) is 30.4 Å². The van der Waals surface area contributed by atoms with Gasteiger partial charge in [-0.2, -0.15) is 0 Å². The van der Waals surface area contributed by atoms with Crippen molar-refractivity contribution in [1.82, 2.24) is 14.4 Å². The molecule has 0 spiro atoms. The molecule has 3 saturated heterocycles. The number of fused-ring (bicyclic) bond motifs is 2. The monoisotopic (exact) mass is 469 g/mol. The van der Waals surface area contributed by atoms with Gasteiger partial charge in [0.25, 0.3) is 0 Å². The fourth-order valence-electron chi connectivity index (χ4n) is 6.08. The molecule has 7 heteroatoms. The molecule has 33 heavy (non-hydrogen) atoms. The van der Waals surface area contributed by atoms with Gasteiger partial charge in [0.15, 0.2) is 5.78 Å². The molecule has 1 saturated carbocycles. The van der Waals surface area contributed by atoms with Crippen LogP contribution in [0.5, 0.6) is 0 Å². The predicted molar refractivity (Wildman–Crippen MR) is 128 cm³/mol. The van der Waals surface area contributed by atoms with Crippen LogP contribution in [-0.2, 0) is 16.1 Å². The molecular formula is C26H32ClN3O3. The van der Waals surface area contributed by atoms with E-state index in [1.807, 2.05) is 15.9 Å². The molecule has 1 aromatic heterocycles. The average Bonchev–Trinajstić information content (AvgIpc) is 3.58. The van der Waals surface area contributed by atoms with Gasteiger partial charge < -0.3 is 19.1 Å². The summed E-state index contributed by atoms with van der Waals surface area (Å²) in [4.78, 5) is 29.0. The summed E-state index contributed by atoms with van der Waals surface area (Å²) in [6.45, 7) is 4.26. The Morgan fingerprint density at radius 2 is 1.85 bits per heavy atom. The number of benzene rings is 1. The van der Waals surface area contributed by atoms with Crippen molar-refractivity contribution in [3.63, 3.8) is 0 Å². The van der Waals surface area contributed by atoms with Crippen LogP contribution in [0, 0.1) is 11.8 Å². The first-order valence-electron chi connectivity index (χ1n) is 12.5. The second kappa shape index (κ2) is 8.62. The third kappa shape index (κ3) is 4.28. The van der Waals surface area contributed by atoms with Crippen LogP contribution in [0.4, 0.5) is 4.79 Å². The van der Waals surface area contributed by atoms with E-state index in [0.717, 1.165) is 56.4 Å². The highest BCUT2D eigenvalue weighted by Crippen LogP contribution is 2.38. The average molecular weight is 470 g/mol. The Bertz CT molecular complexity index is 1070. The number of aromatic nitrogens is 1. The lowest BCUT2D eigenvalue weighted by Gasteiger charge is -2.43. The molecule has 2 atom stereocenters. The molecule has 2 aromatic rings. The van der Waals surface area contributed by atoms with Gasteiger partial charge in [-0.25, -0.2) is 4.79 Å². The molecule has 0 radical (unpaired) electrons. The number of amides is 2. The van der Waals surface area contributed by atoms with Crippen LogP contribution in [0.15, 0.2) is 24.4 Å². The summed E-state index contributed by atoms with van der Waals surface area (Å²) in [7, 11) is 0. The maximum absolute atomic E-state index is 13.2. The SMILES string of the molecule is O=C1CO[C@H]2CCN(C(=O)N3CCC(c4cn(CC5CC5)c5ccc(Cl)cc45)CC3)C[C@H]2C1. The van der Waals surface area contributed by atoms with E-state index in [0.29, 0.717) is 18.9 Å². The quantitative estimate of drug-likeness (QED) is 0.655. The van der Waals surface area contributed by atoms with Crippen molar-refractivity contribution in [2.24, 2.45) is 11.8 Å². The Labute approximate surface area is 199 Å². The Kier molecular flexibility index (Phi) is 5.61. The highest BCUT2D eigenvalue weighted by Gasteiger charge is 2.38. The Morgan fingerprint density at radius 1 is 1.06 bits per heavy atom. The molecule has 176 valence electrons. The Morgan fingerprint density at radius 3 is 2.64 bits per heavy atom. The van der Waals surface area contributed by atoms with Crippen LogP contribution >= 0.6 is 11.6 Å². The van der Waals surface area contributed by atoms with Crippen molar-refractivity contribution in [3.05, 3.63) is 35.0 Å². The maximum atomic E-state index is 13.2. The summed E-state index contributed by atoms with van der Waals surface area (Å²) >= 11 is 6.37. The molecular weight excluding hydrogens is 438 g/mol. The summed E-state index contributed by atoms with van der Waals surface area (Å²) in [5, 5.41) is 2.06. The first kappa shape index (κ1) is 21.5. The molecule has 3 aliphatic heterocycles. The van der Waals surface area contributed by atoms with Crippen molar-refractivity contribution in [3.8, 4) is 0 Å². The largest absolute Gasteiger partial charge is 0.370 e. The van der Waals surface area contributed by atoms with Gasteiger partial charge in [-0.1, -0.05) is 11.6 Å². The van der Waals surface area contributed by atoms with Crippen molar-refractivity contribution >= 4 is 34.3 Å². The van der Waals surface area contributed by atoms with Crippen LogP contribution in [0.2, 0.25) is 5.02 Å². The zero-order valence-electron chi connectivity index (χ0n) is 19.0. The van der Waals surface area contributed by atoms with Crippen molar-refractivity contribution in [2.45, 2.75) is 57.1 Å². The molecule has 0 N–H and O–H groups in total. The number of carbonyl (C=O) groups is 2. The molecule has 4 heterocycles. The minimum atomic E-state index is 0.129. The van der Waals surface area contributed by atoms with Crippen LogP contribution in [0.25, 0.3) is 10.9 Å². The number of likely N-dealkylation sites (tertiary alicyclic amines) is 2. The Balaban J connectivity index is 1.13. The lowest BCUT2D eigenvalue weighted by atomic mass is 9.87. The predicted octanol–water partition coefficient (Wildman–Crippen LogP) is 4.68. The summed E-state index contributed by atoms with van der Waals surface area (Å²) in [6.07, 6.45) is 8.49. The minimum Gasteiger partial charge on any atom is -0.370 e. The number of ether oxygens (including phenoxy) is 1. The second-order valence-corrected chi connectivity index (χ2v) is 10.9. The van der Waals surface area contributed by atoms with E-state index < -0.39 is 0 Å². The van der Waals surface area contributed by atoms with E-state index in [9.17, 15) is 9.59 Å². The van der Waals surface area contributed by atoms with Gasteiger partial charge in [0.05, 0.1) is 6.10 Å². The lowest BCUT2D eigenvalue weighted by Crippen LogP contribution is -2.54. The van der Waals surface area contributed by atoms with E-state index in [4.69, 9.17) is 16.3 Å². The number of carbonyl (C=O) groups excluding carboxylic acids is 2. The standard InChI is InChI=1S/C26H32ClN3O3/c27-20-3-4-24-22(12-20)23(15-30(24)13-17-1-2-17)18-5-8-28(9-6-18)26(32)29-10-7-25-19(14-29)11-21(31)16-33-25/h3-4,12,15,17-19,25H,1-2,5-11,13-14,16H2/t19-,25+/m1/s1. The molecule has 6 nitrogen and oxygen atoms in total. The van der Waals surface area contributed by atoms with Gasteiger partial charge >= 0.3 is 6.03 Å². The van der Waals surface area contributed by atoms with Gasteiger partial charge in [0.1, 0.15) is 6.61 Å². The molecule has 6 rings (SSSR count). The second-order valence-electron chi connectivity index (χ2n) is 10.5. The number of urea groups is 1. The maximum Gasteiger partial charge on any atom is 0.320 e. The number of rotatable bonds is 3. The fraction of sp³-hybridized carbons (Fsp3) is 0.615. The summed E-state index contributed by atoms with van der Waals surface area (Å²) in [6, 6.07) is 6.40. The fourth-order valence-corrected chi connectivity index (χ4v) is 6.26. The van der Waals surface area contributed by atoms with Crippen LogP contribution < -0.4 is 0 Å². The van der Waals surface area contributed by atoms with E-state index in [1.54, 1.807) is 0 Å². The normalized spacial score (nSPS) is 26.6. The minimum absolute atomic E-state index is 0.129. The van der Waals surface area contributed by atoms with Crippen molar-refractivity contribution < 1.29 is 14.3 Å². The number of hydrogen-bond donors (Lipinski definition) is 0. The first-order chi connectivity index (χ1) is 16.0. The molecule has 1 aliphatic carbocycles. The number of halogens is 1. The molecule has 0 bridgehead atoms. The first-order valence-corrected chi connectivity index (χ1v) is 12.9. The molecule has 4 aliphatic rings. The topological polar surface area (TPSA) is 54.8 Å². The zero-order chi connectivity index (χ0) is 22.5. The number of hydrogen-bond acceptors (Lipinski definition) is 3.